The number of aromatic nitrogens is 1. The third kappa shape index (κ3) is 4.77. The first-order valence-electron chi connectivity index (χ1n) is 9.02. The summed E-state index contributed by atoms with van der Waals surface area (Å²) in [5, 5.41) is 10.8. The van der Waals surface area contributed by atoms with Crippen LogP contribution in [0.4, 0.5) is 0 Å². The number of aromatic amines is 1. The average molecular weight is 398 g/mol. The molecule has 2 aromatic heterocycles. The highest BCUT2D eigenvalue weighted by atomic mass is 32.1. The van der Waals surface area contributed by atoms with Gasteiger partial charge in [0.15, 0.2) is 0 Å². The average Bonchev–Trinajstić information content (AvgIpc) is 3.36. The second kappa shape index (κ2) is 9.18. The molecular formula is C20H22N4O3S. The Labute approximate surface area is 166 Å². The predicted molar refractivity (Wildman–Crippen MR) is 109 cm³/mol. The molecular weight excluding hydrogens is 376 g/mol. The highest BCUT2D eigenvalue weighted by Crippen LogP contribution is 2.19. The number of fused-ring (bicyclic) bond motifs is 1. The zero-order valence-electron chi connectivity index (χ0n) is 15.5. The number of carbonyl (C=O) groups is 3. The first-order chi connectivity index (χ1) is 13.6. The molecule has 3 rings (SSSR count). The SMILES string of the molecule is CCNC(=O)CNC(=O)[C@H](Cc1c[nH]c2ccccc12)NC(=O)c1cccs1. The van der Waals surface area contributed by atoms with E-state index in [2.05, 4.69) is 20.9 Å². The molecule has 8 heteroatoms. The Hall–Kier alpha value is -3.13. The number of hydrogen-bond acceptors (Lipinski definition) is 4. The predicted octanol–water partition coefficient (Wildman–Crippen LogP) is 1.82. The van der Waals surface area contributed by atoms with Crippen molar-refractivity contribution in [2.45, 2.75) is 19.4 Å². The number of hydrogen-bond donors (Lipinski definition) is 4. The van der Waals surface area contributed by atoms with Crippen LogP contribution in [-0.4, -0.2) is 41.8 Å². The van der Waals surface area contributed by atoms with Crippen molar-refractivity contribution < 1.29 is 14.4 Å². The van der Waals surface area contributed by atoms with E-state index in [4.69, 9.17) is 0 Å². The fourth-order valence-corrected chi connectivity index (χ4v) is 3.54. The number of benzene rings is 1. The fourth-order valence-electron chi connectivity index (χ4n) is 2.92. The van der Waals surface area contributed by atoms with Gasteiger partial charge >= 0.3 is 0 Å². The van der Waals surface area contributed by atoms with Crippen LogP contribution in [0.3, 0.4) is 0 Å². The Morgan fingerprint density at radius 1 is 1.11 bits per heavy atom. The Morgan fingerprint density at radius 2 is 1.93 bits per heavy atom. The summed E-state index contributed by atoms with van der Waals surface area (Å²) >= 11 is 1.31. The van der Waals surface area contributed by atoms with Gasteiger partial charge < -0.3 is 20.9 Å². The number of nitrogens with one attached hydrogen (secondary N) is 4. The second-order valence-corrected chi connectivity index (χ2v) is 7.19. The monoisotopic (exact) mass is 398 g/mol. The van der Waals surface area contributed by atoms with E-state index in [9.17, 15) is 14.4 Å². The summed E-state index contributed by atoms with van der Waals surface area (Å²) in [6, 6.07) is 10.5. The van der Waals surface area contributed by atoms with Gasteiger partial charge in [-0.05, 0) is 30.0 Å². The molecule has 1 aromatic carbocycles. The molecule has 0 radical (unpaired) electrons. The Balaban J connectivity index is 1.76. The van der Waals surface area contributed by atoms with Crippen molar-refractivity contribution in [2.75, 3.05) is 13.1 Å². The molecule has 4 N–H and O–H groups in total. The smallest absolute Gasteiger partial charge is 0.262 e. The van der Waals surface area contributed by atoms with Crippen molar-refractivity contribution in [3.8, 4) is 0 Å². The lowest BCUT2D eigenvalue weighted by Gasteiger charge is -2.18. The number of H-pyrrole nitrogens is 1. The molecule has 0 saturated carbocycles. The normalized spacial score (nSPS) is 11.8. The minimum absolute atomic E-state index is 0.133. The largest absolute Gasteiger partial charge is 0.361 e. The quantitative estimate of drug-likeness (QED) is 0.465. The maximum Gasteiger partial charge on any atom is 0.262 e. The van der Waals surface area contributed by atoms with E-state index in [1.165, 1.54) is 11.3 Å². The van der Waals surface area contributed by atoms with Crippen LogP contribution >= 0.6 is 11.3 Å². The number of carbonyl (C=O) groups excluding carboxylic acids is 3. The maximum absolute atomic E-state index is 12.7. The van der Waals surface area contributed by atoms with Gasteiger partial charge in [-0.1, -0.05) is 24.3 Å². The number of thiophene rings is 1. The van der Waals surface area contributed by atoms with Gasteiger partial charge in [0.2, 0.25) is 11.8 Å². The van der Waals surface area contributed by atoms with Gasteiger partial charge in [0, 0.05) is 30.1 Å². The molecule has 0 bridgehead atoms. The Morgan fingerprint density at radius 3 is 2.68 bits per heavy atom. The summed E-state index contributed by atoms with van der Waals surface area (Å²) in [5.41, 5.74) is 1.88. The first-order valence-corrected chi connectivity index (χ1v) is 9.90. The van der Waals surface area contributed by atoms with Crippen LogP contribution in [0.2, 0.25) is 0 Å². The van der Waals surface area contributed by atoms with E-state index in [0.29, 0.717) is 17.8 Å². The molecule has 0 spiro atoms. The fraction of sp³-hybridized carbons (Fsp3) is 0.250. The van der Waals surface area contributed by atoms with E-state index in [-0.39, 0.29) is 18.4 Å². The number of likely N-dealkylation sites (N-methyl/N-ethyl adjacent to an activating group) is 1. The molecule has 0 aliphatic carbocycles. The first kappa shape index (κ1) is 19.6. The van der Waals surface area contributed by atoms with Gasteiger partial charge in [0.25, 0.3) is 5.91 Å². The third-order valence-electron chi connectivity index (χ3n) is 4.26. The summed E-state index contributed by atoms with van der Waals surface area (Å²) in [6.45, 7) is 2.16. The minimum atomic E-state index is -0.803. The van der Waals surface area contributed by atoms with Crippen molar-refractivity contribution in [3.63, 3.8) is 0 Å². The number of para-hydroxylation sites is 1. The molecule has 28 heavy (non-hydrogen) atoms. The van der Waals surface area contributed by atoms with Crippen molar-refractivity contribution in [3.05, 3.63) is 58.4 Å². The highest BCUT2D eigenvalue weighted by molar-refractivity contribution is 7.12. The lowest BCUT2D eigenvalue weighted by molar-refractivity contribution is -0.127. The molecule has 0 aliphatic heterocycles. The second-order valence-electron chi connectivity index (χ2n) is 6.24. The van der Waals surface area contributed by atoms with Crippen molar-refractivity contribution in [2.24, 2.45) is 0 Å². The van der Waals surface area contributed by atoms with Crippen LogP contribution in [0, 0.1) is 0 Å². The molecule has 0 saturated heterocycles. The highest BCUT2D eigenvalue weighted by Gasteiger charge is 2.24. The van der Waals surface area contributed by atoms with Gasteiger partial charge in [-0.25, -0.2) is 0 Å². The topological polar surface area (TPSA) is 103 Å². The third-order valence-corrected chi connectivity index (χ3v) is 5.13. The van der Waals surface area contributed by atoms with E-state index >= 15 is 0 Å². The molecule has 3 amide bonds. The van der Waals surface area contributed by atoms with Crippen molar-refractivity contribution in [1.29, 1.82) is 0 Å². The molecule has 146 valence electrons. The van der Waals surface area contributed by atoms with Gasteiger partial charge in [-0.3, -0.25) is 14.4 Å². The summed E-state index contributed by atoms with van der Waals surface area (Å²) < 4.78 is 0. The zero-order valence-corrected chi connectivity index (χ0v) is 16.3. The van der Waals surface area contributed by atoms with E-state index < -0.39 is 11.9 Å². The molecule has 0 fully saturated rings. The number of rotatable bonds is 8. The summed E-state index contributed by atoms with van der Waals surface area (Å²) in [7, 11) is 0. The van der Waals surface area contributed by atoms with Gasteiger partial charge in [0.05, 0.1) is 11.4 Å². The minimum Gasteiger partial charge on any atom is -0.361 e. The van der Waals surface area contributed by atoms with Crippen LogP contribution < -0.4 is 16.0 Å². The van der Waals surface area contributed by atoms with Crippen LogP contribution in [0.1, 0.15) is 22.2 Å². The van der Waals surface area contributed by atoms with Crippen LogP contribution in [0.25, 0.3) is 10.9 Å². The molecule has 3 aromatic rings. The van der Waals surface area contributed by atoms with Crippen molar-refractivity contribution >= 4 is 40.0 Å². The summed E-state index contributed by atoms with van der Waals surface area (Å²) in [6.07, 6.45) is 2.15. The molecule has 7 nitrogen and oxygen atoms in total. The van der Waals surface area contributed by atoms with Crippen LogP contribution in [0.15, 0.2) is 48.0 Å². The Kier molecular flexibility index (Phi) is 6.44. The zero-order chi connectivity index (χ0) is 19.9. The summed E-state index contributed by atoms with van der Waals surface area (Å²) in [4.78, 5) is 40.5. The molecule has 2 heterocycles. The summed E-state index contributed by atoms with van der Waals surface area (Å²) in [5.74, 6) is -0.985. The maximum atomic E-state index is 12.7. The standard InChI is InChI=1S/C20H22N4O3S/c1-2-21-18(25)12-23-19(26)16(24-20(27)17-8-5-9-28-17)10-13-11-22-15-7-4-3-6-14(13)15/h3-9,11,16,22H,2,10,12H2,1H3,(H,21,25)(H,23,26)(H,24,27)/t16-/m0/s1. The lowest BCUT2D eigenvalue weighted by Crippen LogP contribution is -2.50. The molecule has 0 unspecified atom stereocenters. The van der Waals surface area contributed by atoms with E-state index in [1.54, 1.807) is 24.4 Å². The van der Waals surface area contributed by atoms with Gasteiger partial charge in [-0.2, -0.15) is 0 Å². The lowest BCUT2D eigenvalue weighted by atomic mass is 10.0. The Bertz CT molecular complexity index is 965. The molecule has 0 aliphatic rings. The number of amides is 3. The van der Waals surface area contributed by atoms with Gasteiger partial charge in [-0.15, -0.1) is 11.3 Å². The van der Waals surface area contributed by atoms with Crippen LogP contribution in [-0.2, 0) is 16.0 Å². The molecule has 1 atom stereocenters. The van der Waals surface area contributed by atoms with Gasteiger partial charge in [0.1, 0.15) is 6.04 Å². The van der Waals surface area contributed by atoms with Crippen molar-refractivity contribution in [1.82, 2.24) is 20.9 Å². The van der Waals surface area contributed by atoms with Crippen LogP contribution in [0.5, 0.6) is 0 Å². The van der Waals surface area contributed by atoms with E-state index in [0.717, 1.165) is 16.5 Å². The van der Waals surface area contributed by atoms with E-state index in [1.807, 2.05) is 30.5 Å².